The molecule has 1 amide bonds. The van der Waals surface area contributed by atoms with E-state index in [9.17, 15) is 13.2 Å². The average Bonchev–Trinajstić information content (AvgIpc) is 2.87. The third-order valence-electron chi connectivity index (χ3n) is 4.89. The van der Waals surface area contributed by atoms with E-state index in [1.54, 1.807) is 42.5 Å². The van der Waals surface area contributed by atoms with Crippen molar-refractivity contribution < 1.29 is 22.7 Å². The lowest BCUT2D eigenvalue weighted by atomic mass is 10.2. The molecule has 0 aliphatic rings. The number of benzene rings is 3. The second kappa shape index (κ2) is 12.1. The number of sulfonamides is 1. The molecule has 0 aliphatic carbocycles. The van der Waals surface area contributed by atoms with Crippen LogP contribution in [0.25, 0.3) is 0 Å². The molecule has 0 aromatic heterocycles. The van der Waals surface area contributed by atoms with E-state index in [0.717, 1.165) is 9.87 Å². The smallest absolute Gasteiger partial charge is 0.264 e. The largest absolute Gasteiger partial charge is 0.495 e. The summed E-state index contributed by atoms with van der Waals surface area (Å²) in [6.45, 7) is 1.20. The van der Waals surface area contributed by atoms with Crippen molar-refractivity contribution in [1.29, 1.82) is 5.26 Å². The molecule has 0 unspecified atom stereocenters. The van der Waals surface area contributed by atoms with Gasteiger partial charge in [0, 0.05) is 5.02 Å². The van der Waals surface area contributed by atoms with E-state index in [1.807, 2.05) is 13.0 Å². The molecule has 3 aromatic rings. The maximum absolute atomic E-state index is 13.5. The van der Waals surface area contributed by atoms with Crippen LogP contribution in [-0.4, -0.2) is 40.8 Å². The molecule has 1 N–H and O–H groups in total. The van der Waals surface area contributed by atoms with Crippen LogP contribution in [0.1, 0.15) is 11.1 Å². The highest BCUT2D eigenvalue weighted by Gasteiger charge is 2.29. The Morgan fingerprint density at radius 1 is 1.14 bits per heavy atom. The minimum Gasteiger partial charge on any atom is -0.495 e. The van der Waals surface area contributed by atoms with Gasteiger partial charge in [0.1, 0.15) is 24.1 Å². The molecule has 9 nitrogen and oxygen atoms in total. The van der Waals surface area contributed by atoms with Crippen molar-refractivity contribution in [2.75, 3.05) is 24.6 Å². The molecule has 3 rings (SSSR count). The fourth-order valence-corrected chi connectivity index (χ4v) is 4.70. The number of carbonyl (C=O) groups is 1. The molecule has 0 bridgehead atoms. The number of nitriles is 1. The predicted molar refractivity (Wildman–Crippen MR) is 137 cm³/mol. The number of nitrogens with zero attached hydrogens (tertiary/aromatic N) is 3. The van der Waals surface area contributed by atoms with Crippen molar-refractivity contribution in [2.24, 2.45) is 5.10 Å². The van der Waals surface area contributed by atoms with Gasteiger partial charge >= 0.3 is 0 Å². The Hall–Kier alpha value is -4.07. The van der Waals surface area contributed by atoms with Gasteiger partial charge in [-0.1, -0.05) is 29.3 Å². The number of hydrogen-bond donors (Lipinski definition) is 1. The topological polar surface area (TPSA) is 121 Å². The van der Waals surface area contributed by atoms with Crippen molar-refractivity contribution in [3.8, 4) is 17.6 Å². The maximum atomic E-state index is 13.5. The molecule has 0 spiro atoms. The number of hydrazone groups is 1. The number of rotatable bonds is 10. The predicted octanol–water partition coefficient (Wildman–Crippen LogP) is 3.91. The van der Waals surface area contributed by atoms with Crippen LogP contribution < -0.4 is 19.2 Å². The molecule has 0 aliphatic heterocycles. The Morgan fingerprint density at radius 2 is 1.83 bits per heavy atom. The van der Waals surface area contributed by atoms with E-state index in [0.29, 0.717) is 11.3 Å². The number of nitrogens with one attached hydrogen (secondary N) is 1. The van der Waals surface area contributed by atoms with Crippen molar-refractivity contribution in [3.05, 3.63) is 82.9 Å². The molecule has 0 atom stereocenters. The summed E-state index contributed by atoms with van der Waals surface area (Å²) >= 11 is 6.14. The zero-order chi connectivity index (χ0) is 26.1. The minimum atomic E-state index is -4.16. The lowest BCUT2D eigenvalue weighted by Gasteiger charge is -2.25. The first kappa shape index (κ1) is 26.5. The summed E-state index contributed by atoms with van der Waals surface area (Å²) in [7, 11) is -2.77. The summed E-state index contributed by atoms with van der Waals surface area (Å²) in [5.41, 5.74) is 3.99. The normalized spacial score (nSPS) is 11.1. The van der Waals surface area contributed by atoms with Gasteiger partial charge in [0.2, 0.25) is 0 Å². The molecule has 0 heterocycles. The number of methoxy groups -OCH3 is 1. The third-order valence-corrected chi connectivity index (χ3v) is 6.90. The van der Waals surface area contributed by atoms with Gasteiger partial charge in [0.15, 0.2) is 6.61 Å². The minimum absolute atomic E-state index is 0.00476. The molecule has 11 heteroatoms. The number of ether oxygens (including phenoxy) is 2. The van der Waals surface area contributed by atoms with Gasteiger partial charge in [-0.3, -0.25) is 9.10 Å². The molecule has 186 valence electrons. The maximum Gasteiger partial charge on any atom is 0.264 e. The number of amides is 1. The van der Waals surface area contributed by atoms with Crippen LogP contribution >= 0.6 is 11.6 Å². The summed E-state index contributed by atoms with van der Waals surface area (Å²) in [6.07, 6.45) is 1.39. The van der Waals surface area contributed by atoms with Gasteiger partial charge in [0.25, 0.3) is 15.9 Å². The fourth-order valence-electron chi connectivity index (χ4n) is 3.11. The number of hydrogen-bond acceptors (Lipinski definition) is 7. The Labute approximate surface area is 214 Å². The first-order chi connectivity index (χ1) is 17.2. The van der Waals surface area contributed by atoms with E-state index in [-0.39, 0.29) is 28.0 Å². The second-order valence-electron chi connectivity index (χ2n) is 7.45. The summed E-state index contributed by atoms with van der Waals surface area (Å²) in [5, 5.41) is 12.7. The lowest BCUT2D eigenvalue weighted by Crippen LogP contribution is -2.39. The number of halogens is 1. The lowest BCUT2D eigenvalue weighted by molar-refractivity contribution is -0.119. The first-order valence-corrected chi connectivity index (χ1v) is 12.4. The molecule has 3 aromatic carbocycles. The quantitative estimate of drug-likeness (QED) is 0.316. The average molecular weight is 527 g/mol. The Balaban J connectivity index is 1.83. The number of anilines is 1. The van der Waals surface area contributed by atoms with Crippen LogP contribution in [-0.2, 0) is 14.8 Å². The summed E-state index contributed by atoms with van der Waals surface area (Å²) in [6, 6.07) is 19.3. The van der Waals surface area contributed by atoms with E-state index in [2.05, 4.69) is 10.5 Å². The molecule has 0 saturated carbocycles. The molecule has 0 radical (unpaired) electrons. The van der Waals surface area contributed by atoms with Crippen LogP contribution in [0, 0.1) is 18.3 Å². The van der Waals surface area contributed by atoms with Crippen molar-refractivity contribution >= 4 is 39.4 Å². The van der Waals surface area contributed by atoms with Crippen LogP contribution in [0.5, 0.6) is 11.5 Å². The van der Waals surface area contributed by atoms with E-state index < -0.39 is 22.5 Å². The van der Waals surface area contributed by atoms with Gasteiger partial charge in [-0.2, -0.15) is 10.4 Å². The summed E-state index contributed by atoms with van der Waals surface area (Å²) in [5.74, 6) is 0.0631. The Kier molecular flexibility index (Phi) is 8.89. The zero-order valence-electron chi connectivity index (χ0n) is 19.5. The van der Waals surface area contributed by atoms with Crippen molar-refractivity contribution in [3.63, 3.8) is 0 Å². The van der Waals surface area contributed by atoms with Gasteiger partial charge in [-0.15, -0.1) is 0 Å². The van der Waals surface area contributed by atoms with E-state index in [1.165, 1.54) is 37.6 Å². The molecule has 0 fully saturated rings. The van der Waals surface area contributed by atoms with Crippen LogP contribution in [0.2, 0.25) is 5.02 Å². The standard InChI is InChI=1S/C25H23ClN4O5S/c1-18-3-10-22(11-4-18)36(32,33)30(23-15-20(26)7-12-24(23)34-2)17-25(31)29-28-16-19-5-8-21(9-6-19)35-14-13-27/h3-12,15-16H,14,17H2,1-2H3,(H,29,31)/b28-16+. The van der Waals surface area contributed by atoms with Crippen LogP contribution in [0.15, 0.2) is 76.7 Å². The Morgan fingerprint density at radius 3 is 2.47 bits per heavy atom. The SMILES string of the molecule is COc1ccc(Cl)cc1N(CC(=O)N/N=C/c1ccc(OCC#N)cc1)S(=O)(=O)c1ccc(C)cc1. The molecule has 0 saturated heterocycles. The number of carbonyl (C=O) groups excluding carboxylic acids is 1. The molecular weight excluding hydrogens is 504 g/mol. The van der Waals surface area contributed by atoms with Crippen molar-refractivity contribution in [1.82, 2.24) is 5.43 Å². The van der Waals surface area contributed by atoms with Crippen LogP contribution in [0.3, 0.4) is 0 Å². The fraction of sp³-hybridized carbons (Fsp3) is 0.160. The molecular formula is C25H23ClN4O5S. The molecule has 36 heavy (non-hydrogen) atoms. The second-order valence-corrected chi connectivity index (χ2v) is 9.75. The van der Waals surface area contributed by atoms with Gasteiger partial charge in [-0.05, 0) is 67.1 Å². The van der Waals surface area contributed by atoms with Crippen LogP contribution in [0.4, 0.5) is 5.69 Å². The van der Waals surface area contributed by atoms with Crippen molar-refractivity contribution in [2.45, 2.75) is 11.8 Å². The zero-order valence-corrected chi connectivity index (χ0v) is 21.1. The van der Waals surface area contributed by atoms with Gasteiger partial charge in [-0.25, -0.2) is 13.8 Å². The van der Waals surface area contributed by atoms with Gasteiger partial charge in [0.05, 0.1) is 23.9 Å². The highest BCUT2D eigenvalue weighted by Crippen LogP contribution is 2.34. The van der Waals surface area contributed by atoms with E-state index >= 15 is 0 Å². The van der Waals surface area contributed by atoms with E-state index in [4.69, 9.17) is 26.3 Å². The monoisotopic (exact) mass is 526 g/mol. The summed E-state index contributed by atoms with van der Waals surface area (Å²) in [4.78, 5) is 12.8. The highest BCUT2D eigenvalue weighted by molar-refractivity contribution is 7.92. The van der Waals surface area contributed by atoms with Gasteiger partial charge < -0.3 is 9.47 Å². The first-order valence-electron chi connectivity index (χ1n) is 10.6. The Bertz CT molecular complexity index is 1390. The third kappa shape index (κ3) is 6.75. The number of aryl methyl sites for hydroxylation is 1. The highest BCUT2D eigenvalue weighted by atomic mass is 35.5. The summed E-state index contributed by atoms with van der Waals surface area (Å²) < 4.78 is 38.5.